The third kappa shape index (κ3) is 7.35. The number of fused-ring (bicyclic) bond motifs is 3. The van der Waals surface area contributed by atoms with Crippen LogP contribution in [0.5, 0.6) is 11.5 Å². The molecular weight excluding hydrogens is 607 g/mol. The zero-order chi connectivity index (χ0) is 30.6. The molecule has 9 nitrogen and oxygen atoms in total. The van der Waals surface area contributed by atoms with E-state index in [-0.39, 0.29) is 41.2 Å². The highest BCUT2D eigenvalue weighted by molar-refractivity contribution is 6.31. The van der Waals surface area contributed by atoms with E-state index in [2.05, 4.69) is 15.6 Å². The van der Waals surface area contributed by atoms with Crippen LogP contribution >= 0.6 is 23.2 Å². The fourth-order valence-electron chi connectivity index (χ4n) is 5.64. The van der Waals surface area contributed by atoms with Crippen molar-refractivity contribution in [1.29, 1.82) is 0 Å². The van der Waals surface area contributed by atoms with Crippen LogP contribution in [0.4, 0.5) is 8.78 Å². The summed E-state index contributed by atoms with van der Waals surface area (Å²) in [7, 11) is 0. The van der Waals surface area contributed by atoms with E-state index in [0.29, 0.717) is 31.2 Å². The molecule has 3 aliphatic carbocycles. The Bertz CT molecular complexity index is 1470. The number of carbonyl (C=O) groups is 2. The first kappa shape index (κ1) is 30.9. The minimum absolute atomic E-state index is 0.0550. The second-order valence-corrected chi connectivity index (χ2v) is 11.5. The van der Waals surface area contributed by atoms with Gasteiger partial charge >= 0.3 is 0 Å². The van der Waals surface area contributed by atoms with Crippen LogP contribution in [0.15, 0.2) is 60.9 Å². The highest BCUT2D eigenvalue weighted by Gasteiger charge is 2.57. The fraction of sp³-hybridized carbons (Fsp3) is 0.367. The lowest BCUT2D eigenvalue weighted by molar-refractivity contribution is -0.198. The average molecular weight is 636 g/mol. The van der Waals surface area contributed by atoms with Gasteiger partial charge in [0.2, 0.25) is 0 Å². The predicted octanol–water partition coefficient (Wildman–Crippen LogP) is 4.89. The molecule has 0 saturated heterocycles. The molecule has 3 fully saturated rings. The molecule has 0 spiro atoms. The molecule has 3 aliphatic rings. The Balaban J connectivity index is 1.26. The molecular formula is C30H29Cl2F2N3O6. The van der Waals surface area contributed by atoms with E-state index in [9.17, 15) is 23.5 Å². The first-order valence-electron chi connectivity index (χ1n) is 13.6. The third-order valence-corrected chi connectivity index (χ3v) is 8.48. The molecule has 2 amide bonds. The van der Waals surface area contributed by atoms with Gasteiger partial charge in [0.05, 0.1) is 21.7 Å². The van der Waals surface area contributed by atoms with Crippen molar-refractivity contribution in [2.75, 3.05) is 13.2 Å². The normalized spacial score (nSPS) is 23.3. The highest BCUT2D eigenvalue weighted by Crippen LogP contribution is 2.49. The Morgan fingerprint density at radius 3 is 2.05 bits per heavy atom. The minimum atomic E-state index is -1.34. The SMILES string of the molecule is O=C(COc1ccc(Cl)c(F)c1)NC12CCC(NC(=O)COc3ccc(Cl)c(F)c3)(CC1)[C@@H](OC(O)c1cccnc1)C2. The summed E-state index contributed by atoms with van der Waals surface area (Å²) in [5, 5.41) is 16.8. The van der Waals surface area contributed by atoms with Crippen LogP contribution in [0.2, 0.25) is 10.0 Å². The Kier molecular flexibility index (Phi) is 9.36. The lowest BCUT2D eigenvalue weighted by atomic mass is 9.59. The molecule has 1 heterocycles. The number of carbonyl (C=O) groups excluding carboxylic acids is 2. The molecule has 0 radical (unpaired) electrons. The van der Waals surface area contributed by atoms with Crippen LogP contribution in [-0.2, 0) is 14.3 Å². The summed E-state index contributed by atoms with van der Waals surface area (Å²) in [6.45, 7) is -0.734. The van der Waals surface area contributed by atoms with E-state index in [4.69, 9.17) is 37.4 Å². The standard InChI is InChI=1S/C30H29Cl2F2N3O6/c31-21-5-3-19(12-23(21)33)41-16-26(38)36-29-7-9-30(10-8-29,25(14-29)43-28(40)18-2-1-11-35-15-18)37-27(39)17-42-20-4-6-22(32)24(34)13-20/h1-6,11-13,15,25,28,40H,7-10,14,16-17H2,(H,36,38)(H,37,39)/t25-,28?,29?,30?/m0/s1. The van der Waals surface area contributed by atoms with Gasteiger partial charge in [-0.15, -0.1) is 0 Å². The molecule has 2 atom stereocenters. The lowest BCUT2D eigenvalue weighted by Gasteiger charge is -2.57. The van der Waals surface area contributed by atoms with Gasteiger partial charge in [-0.05, 0) is 62.4 Å². The molecule has 6 rings (SSSR count). The lowest BCUT2D eigenvalue weighted by Crippen LogP contribution is -2.71. The first-order valence-corrected chi connectivity index (χ1v) is 14.3. The van der Waals surface area contributed by atoms with Crippen molar-refractivity contribution in [1.82, 2.24) is 15.6 Å². The van der Waals surface area contributed by atoms with Crippen molar-refractivity contribution in [3.8, 4) is 11.5 Å². The van der Waals surface area contributed by atoms with Gasteiger partial charge in [0.15, 0.2) is 19.5 Å². The first-order chi connectivity index (χ1) is 20.6. The Morgan fingerprint density at radius 2 is 1.51 bits per heavy atom. The zero-order valence-electron chi connectivity index (χ0n) is 22.8. The molecule has 0 aliphatic heterocycles. The number of aromatic nitrogens is 1. The molecule has 2 bridgehead atoms. The van der Waals surface area contributed by atoms with Crippen molar-refractivity contribution in [3.63, 3.8) is 0 Å². The molecule has 228 valence electrons. The van der Waals surface area contributed by atoms with Crippen LogP contribution in [0.1, 0.15) is 44.0 Å². The number of hydrogen-bond donors (Lipinski definition) is 3. The maximum atomic E-state index is 13.8. The molecule has 1 unspecified atom stereocenters. The second kappa shape index (κ2) is 13.0. The van der Waals surface area contributed by atoms with Crippen LogP contribution in [0, 0.1) is 11.6 Å². The fourth-order valence-corrected chi connectivity index (χ4v) is 5.88. The molecule has 3 saturated carbocycles. The van der Waals surface area contributed by atoms with Gasteiger partial charge < -0.3 is 30.0 Å². The van der Waals surface area contributed by atoms with Crippen molar-refractivity contribution in [3.05, 3.63) is 88.2 Å². The summed E-state index contributed by atoms with van der Waals surface area (Å²) in [5.41, 5.74) is -1.12. The molecule has 3 aromatic rings. The van der Waals surface area contributed by atoms with Crippen molar-refractivity contribution in [2.24, 2.45) is 0 Å². The van der Waals surface area contributed by atoms with Gasteiger partial charge in [-0.1, -0.05) is 29.3 Å². The largest absolute Gasteiger partial charge is 0.484 e. The summed E-state index contributed by atoms with van der Waals surface area (Å²) in [6.07, 6.45) is 3.19. The van der Waals surface area contributed by atoms with E-state index < -0.39 is 46.9 Å². The van der Waals surface area contributed by atoms with Crippen LogP contribution < -0.4 is 20.1 Å². The number of amides is 2. The number of pyridine rings is 1. The maximum Gasteiger partial charge on any atom is 0.258 e. The quantitative estimate of drug-likeness (QED) is 0.257. The number of hydrogen-bond acceptors (Lipinski definition) is 7. The summed E-state index contributed by atoms with van der Waals surface area (Å²) in [6, 6.07) is 11.1. The number of aliphatic hydroxyl groups excluding tert-OH is 1. The second-order valence-electron chi connectivity index (χ2n) is 10.7. The van der Waals surface area contributed by atoms with Gasteiger partial charge in [-0.25, -0.2) is 8.78 Å². The summed E-state index contributed by atoms with van der Waals surface area (Å²) < 4.78 is 44.6. The van der Waals surface area contributed by atoms with Crippen LogP contribution in [0.25, 0.3) is 0 Å². The Labute approximate surface area is 256 Å². The topological polar surface area (TPSA) is 119 Å². The van der Waals surface area contributed by atoms with E-state index in [1.54, 1.807) is 18.3 Å². The molecule has 1 aromatic heterocycles. The molecule has 2 aromatic carbocycles. The number of halogens is 4. The summed E-state index contributed by atoms with van der Waals surface area (Å²) in [4.78, 5) is 30.0. The van der Waals surface area contributed by atoms with E-state index >= 15 is 0 Å². The van der Waals surface area contributed by atoms with E-state index in [1.165, 1.54) is 30.5 Å². The van der Waals surface area contributed by atoms with Crippen molar-refractivity contribution >= 4 is 35.0 Å². The molecule has 43 heavy (non-hydrogen) atoms. The van der Waals surface area contributed by atoms with Gasteiger partial charge in [-0.3, -0.25) is 14.6 Å². The Morgan fingerprint density at radius 1 is 0.930 bits per heavy atom. The number of nitrogens with zero attached hydrogens (tertiary/aromatic N) is 1. The summed E-state index contributed by atoms with van der Waals surface area (Å²) >= 11 is 11.4. The minimum Gasteiger partial charge on any atom is -0.484 e. The number of ether oxygens (including phenoxy) is 3. The molecule has 13 heteroatoms. The average Bonchev–Trinajstić information content (AvgIpc) is 2.99. The van der Waals surface area contributed by atoms with E-state index in [0.717, 1.165) is 12.1 Å². The van der Waals surface area contributed by atoms with Crippen LogP contribution in [0.3, 0.4) is 0 Å². The smallest absolute Gasteiger partial charge is 0.258 e. The number of aliphatic hydroxyl groups is 1. The highest BCUT2D eigenvalue weighted by atomic mass is 35.5. The number of benzene rings is 2. The predicted molar refractivity (Wildman–Crippen MR) is 153 cm³/mol. The monoisotopic (exact) mass is 635 g/mol. The van der Waals surface area contributed by atoms with Gasteiger partial charge in [0.1, 0.15) is 23.1 Å². The van der Waals surface area contributed by atoms with Crippen molar-refractivity contribution < 1.29 is 37.7 Å². The molecule has 3 N–H and O–H groups in total. The van der Waals surface area contributed by atoms with E-state index in [1.807, 2.05) is 0 Å². The van der Waals surface area contributed by atoms with Gasteiger partial charge in [0.25, 0.3) is 11.8 Å². The third-order valence-electron chi connectivity index (χ3n) is 7.87. The Hall–Kier alpha value is -3.51. The number of nitrogens with one attached hydrogen (secondary N) is 2. The van der Waals surface area contributed by atoms with Gasteiger partial charge in [0, 0.05) is 35.6 Å². The van der Waals surface area contributed by atoms with Gasteiger partial charge in [-0.2, -0.15) is 0 Å². The number of rotatable bonds is 11. The van der Waals surface area contributed by atoms with Crippen molar-refractivity contribution in [2.45, 2.75) is 55.6 Å². The zero-order valence-corrected chi connectivity index (χ0v) is 24.3. The van der Waals surface area contributed by atoms with Crippen LogP contribution in [-0.4, -0.2) is 52.3 Å². The summed E-state index contributed by atoms with van der Waals surface area (Å²) in [5.74, 6) is -1.89. The maximum absolute atomic E-state index is 13.8.